The van der Waals surface area contributed by atoms with Gasteiger partial charge in [-0.05, 0) is 22.0 Å². The van der Waals surface area contributed by atoms with E-state index in [1.807, 2.05) is 0 Å². The molecule has 0 saturated carbocycles. The number of carbonyl (C=O) groups is 2. The van der Waals surface area contributed by atoms with Gasteiger partial charge in [-0.2, -0.15) is 0 Å². The molecule has 3 amide bonds. The summed E-state index contributed by atoms with van der Waals surface area (Å²) in [5.41, 5.74) is 0.499. The van der Waals surface area contributed by atoms with Crippen LogP contribution in [0.1, 0.15) is 10.5 Å². The second-order valence-corrected chi connectivity index (χ2v) is 4.26. The minimum absolute atomic E-state index is 0.266. The van der Waals surface area contributed by atoms with Gasteiger partial charge in [-0.1, -0.05) is 0 Å². The van der Waals surface area contributed by atoms with Crippen molar-refractivity contribution in [3.63, 3.8) is 0 Å². The highest BCUT2D eigenvalue weighted by atomic mass is 79.9. The predicted octanol–water partition coefficient (Wildman–Crippen LogP) is 0.953. The van der Waals surface area contributed by atoms with E-state index in [2.05, 4.69) is 21.2 Å². The third-order valence-electron chi connectivity index (χ3n) is 2.29. The summed E-state index contributed by atoms with van der Waals surface area (Å²) in [6, 6.07) is 1.38. The molecule has 0 unspecified atom stereocenters. The minimum atomic E-state index is -0.322. The largest absolute Gasteiger partial charge is 0.345 e. The zero-order valence-electron chi connectivity index (χ0n) is 8.16. The average Bonchev–Trinajstić information content (AvgIpc) is 2.71. The summed E-state index contributed by atoms with van der Waals surface area (Å²) in [6.45, 7) is 0.955. The van der Waals surface area contributed by atoms with E-state index in [-0.39, 0.29) is 11.9 Å². The molecule has 6 heteroatoms. The predicted molar refractivity (Wildman–Crippen MR) is 57.5 cm³/mol. The molecule has 1 aromatic rings. The quantitative estimate of drug-likeness (QED) is 0.827. The number of hydrogen-bond acceptors (Lipinski definition) is 2. The fourth-order valence-corrected chi connectivity index (χ4v) is 2.06. The molecule has 0 bridgehead atoms. The first-order chi connectivity index (χ1) is 7.09. The van der Waals surface area contributed by atoms with Gasteiger partial charge in [0, 0.05) is 30.8 Å². The number of imide groups is 1. The lowest BCUT2D eigenvalue weighted by atomic mass is 10.3. The van der Waals surface area contributed by atoms with Crippen LogP contribution in [-0.4, -0.2) is 34.5 Å². The third kappa shape index (κ3) is 1.77. The van der Waals surface area contributed by atoms with E-state index in [0.717, 1.165) is 4.47 Å². The molecule has 0 radical (unpaired) electrons. The molecular weight excluding hydrogens is 262 g/mol. The van der Waals surface area contributed by atoms with Crippen molar-refractivity contribution in [2.45, 2.75) is 0 Å². The first-order valence-electron chi connectivity index (χ1n) is 4.51. The molecule has 80 valence electrons. The van der Waals surface area contributed by atoms with E-state index in [1.54, 1.807) is 23.9 Å². The number of carbonyl (C=O) groups excluding carboxylic acids is 2. The van der Waals surface area contributed by atoms with Gasteiger partial charge in [-0.15, -0.1) is 0 Å². The highest BCUT2D eigenvalue weighted by molar-refractivity contribution is 9.10. The SMILES string of the molecule is Cn1cc(Br)cc1C(=O)N1CCNC1=O. The van der Waals surface area contributed by atoms with E-state index in [0.29, 0.717) is 18.8 Å². The highest BCUT2D eigenvalue weighted by Gasteiger charge is 2.28. The molecule has 0 aromatic carbocycles. The molecule has 1 saturated heterocycles. The zero-order chi connectivity index (χ0) is 11.0. The minimum Gasteiger partial charge on any atom is -0.345 e. The van der Waals surface area contributed by atoms with Gasteiger partial charge in [0.15, 0.2) is 0 Å². The first kappa shape index (κ1) is 10.2. The van der Waals surface area contributed by atoms with E-state index in [1.165, 1.54) is 4.90 Å². The Hall–Kier alpha value is -1.30. The van der Waals surface area contributed by atoms with Crippen LogP contribution in [0, 0.1) is 0 Å². The fourth-order valence-electron chi connectivity index (χ4n) is 1.54. The summed E-state index contributed by atoms with van der Waals surface area (Å²) in [7, 11) is 1.77. The van der Waals surface area contributed by atoms with Crippen LogP contribution in [0.15, 0.2) is 16.7 Å². The van der Waals surface area contributed by atoms with Crippen molar-refractivity contribution >= 4 is 27.9 Å². The van der Waals surface area contributed by atoms with Crippen molar-refractivity contribution in [1.82, 2.24) is 14.8 Å². The van der Waals surface area contributed by atoms with Crippen molar-refractivity contribution in [3.05, 3.63) is 22.4 Å². The molecule has 2 rings (SSSR count). The Morgan fingerprint density at radius 2 is 2.33 bits per heavy atom. The zero-order valence-corrected chi connectivity index (χ0v) is 9.74. The van der Waals surface area contributed by atoms with Gasteiger partial charge in [0.25, 0.3) is 5.91 Å². The Kier molecular flexibility index (Phi) is 2.52. The summed E-state index contributed by atoms with van der Waals surface area (Å²) in [5, 5.41) is 2.59. The maximum Gasteiger partial charge on any atom is 0.324 e. The number of rotatable bonds is 1. The van der Waals surface area contributed by atoms with Crippen LogP contribution in [0.3, 0.4) is 0 Å². The number of aryl methyl sites for hydroxylation is 1. The van der Waals surface area contributed by atoms with Crippen molar-refractivity contribution in [1.29, 1.82) is 0 Å². The van der Waals surface area contributed by atoms with E-state index < -0.39 is 0 Å². The van der Waals surface area contributed by atoms with Gasteiger partial charge < -0.3 is 9.88 Å². The van der Waals surface area contributed by atoms with Crippen molar-refractivity contribution in [2.75, 3.05) is 13.1 Å². The third-order valence-corrected chi connectivity index (χ3v) is 2.73. The molecule has 1 aromatic heterocycles. The Balaban J connectivity index is 2.28. The van der Waals surface area contributed by atoms with Gasteiger partial charge in [0.05, 0.1) is 0 Å². The molecule has 1 aliphatic rings. The van der Waals surface area contributed by atoms with Gasteiger partial charge in [0.2, 0.25) is 0 Å². The Bertz CT molecular complexity index is 427. The van der Waals surface area contributed by atoms with E-state index in [9.17, 15) is 9.59 Å². The molecule has 0 atom stereocenters. The lowest BCUT2D eigenvalue weighted by Gasteiger charge is -2.12. The number of nitrogens with zero attached hydrogens (tertiary/aromatic N) is 2. The van der Waals surface area contributed by atoms with Gasteiger partial charge >= 0.3 is 6.03 Å². The van der Waals surface area contributed by atoms with Gasteiger partial charge in [0.1, 0.15) is 5.69 Å². The lowest BCUT2D eigenvalue weighted by molar-refractivity contribution is 0.0820. The first-order valence-corrected chi connectivity index (χ1v) is 5.30. The van der Waals surface area contributed by atoms with Gasteiger partial charge in [-0.25, -0.2) is 4.79 Å². The van der Waals surface area contributed by atoms with Crippen LogP contribution in [0.25, 0.3) is 0 Å². The molecule has 15 heavy (non-hydrogen) atoms. The summed E-state index contributed by atoms with van der Waals surface area (Å²) in [4.78, 5) is 24.4. The number of aromatic nitrogens is 1. The number of amides is 3. The Labute approximate surface area is 95.2 Å². The van der Waals surface area contributed by atoms with Crippen LogP contribution < -0.4 is 5.32 Å². The normalized spacial score (nSPS) is 15.6. The Morgan fingerprint density at radius 1 is 1.60 bits per heavy atom. The second-order valence-electron chi connectivity index (χ2n) is 3.34. The molecule has 0 spiro atoms. The molecular formula is C9H10BrN3O2. The van der Waals surface area contributed by atoms with Crippen molar-refractivity contribution < 1.29 is 9.59 Å². The maximum atomic E-state index is 11.9. The summed E-state index contributed by atoms with van der Waals surface area (Å²) >= 11 is 3.28. The van der Waals surface area contributed by atoms with Crippen LogP contribution >= 0.6 is 15.9 Å². The summed E-state index contributed by atoms with van der Waals surface area (Å²) < 4.78 is 2.52. The maximum absolute atomic E-state index is 11.9. The molecule has 1 fully saturated rings. The summed E-state index contributed by atoms with van der Waals surface area (Å²) in [6.07, 6.45) is 1.78. The van der Waals surface area contributed by atoms with Crippen molar-refractivity contribution in [2.24, 2.45) is 7.05 Å². The van der Waals surface area contributed by atoms with Crippen LogP contribution in [0.2, 0.25) is 0 Å². The van der Waals surface area contributed by atoms with Crippen LogP contribution in [0.4, 0.5) is 4.79 Å². The van der Waals surface area contributed by atoms with Crippen LogP contribution in [0.5, 0.6) is 0 Å². The van der Waals surface area contributed by atoms with E-state index in [4.69, 9.17) is 0 Å². The monoisotopic (exact) mass is 271 g/mol. The average molecular weight is 272 g/mol. The molecule has 1 N–H and O–H groups in total. The lowest BCUT2D eigenvalue weighted by Crippen LogP contribution is -2.35. The number of urea groups is 1. The number of nitrogens with one attached hydrogen (secondary N) is 1. The standard InChI is InChI=1S/C9H10BrN3O2/c1-12-5-6(10)4-7(12)8(14)13-3-2-11-9(13)15/h4-5H,2-3H2,1H3,(H,11,15). The van der Waals surface area contributed by atoms with Crippen LogP contribution in [-0.2, 0) is 7.05 Å². The number of hydrogen-bond donors (Lipinski definition) is 1. The molecule has 2 heterocycles. The van der Waals surface area contributed by atoms with E-state index >= 15 is 0 Å². The number of halogens is 1. The highest BCUT2D eigenvalue weighted by Crippen LogP contribution is 2.16. The van der Waals surface area contributed by atoms with Crippen molar-refractivity contribution in [3.8, 4) is 0 Å². The molecule has 1 aliphatic heterocycles. The second kappa shape index (κ2) is 3.69. The Morgan fingerprint density at radius 3 is 2.80 bits per heavy atom. The smallest absolute Gasteiger partial charge is 0.324 e. The summed E-state index contributed by atoms with van der Waals surface area (Å²) in [5.74, 6) is -0.266. The molecule has 0 aliphatic carbocycles. The van der Waals surface area contributed by atoms with Gasteiger partial charge in [-0.3, -0.25) is 9.69 Å². The fraction of sp³-hybridized carbons (Fsp3) is 0.333. The topological polar surface area (TPSA) is 54.3 Å². The molecule has 5 nitrogen and oxygen atoms in total.